The number of carbonyl (C=O) groups is 2. The Morgan fingerprint density at radius 1 is 1.30 bits per heavy atom. The number of nitrogens with one attached hydrogen (secondary N) is 1. The molecule has 126 valence electrons. The van der Waals surface area contributed by atoms with Crippen molar-refractivity contribution < 1.29 is 14.1 Å². The number of amides is 2. The Morgan fingerprint density at radius 2 is 2.04 bits per heavy atom. The number of likely N-dealkylation sites (tertiary alicyclic amines) is 1. The maximum atomic E-state index is 12.5. The summed E-state index contributed by atoms with van der Waals surface area (Å²) < 4.78 is 5.27. The Bertz CT molecular complexity index is 576. The minimum absolute atomic E-state index is 0.0162. The van der Waals surface area contributed by atoms with Crippen LogP contribution in [0, 0.1) is 5.92 Å². The minimum atomic E-state index is -0.155. The van der Waals surface area contributed by atoms with E-state index in [1.165, 1.54) is 0 Å². The van der Waals surface area contributed by atoms with E-state index in [0.717, 1.165) is 25.1 Å². The zero-order chi connectivity index (χ0) is 16.4. The Labute approximate surface area is 135 Å². The molecular formula is C16H24N4O3. The molecule has 0 spiro atoms. The molecule has 0 radical (unpaired) electrons. The quantitative estimate of drug-likeness (QED) is 0.910. The summed E-state index contributed by atoms with van der Waals surface area (Å²) in [7, 11) is 0. The van der Waals surface area contributed by atoms with Crippen molar-refractivity contribution in [3.8, 4) is 0 Å². The van der Waals surface area contributed by atoms with Crippen LogP contribution in [0.4, 0.5) is 0 Å². The van der Waals surface area contributed by atoms with E-state index >= 15 is 0 Å². The lowest BCUT2D eigenvalue weighted by Gasteiger charge is -2.34. The summed E-state index contributed by atoms with van der Waals surface area (Å²) in [4.78, 5) is 30.3. The van der Waals surface area contributed by atoms with Crippen LogP contribution in [0.15, 0.2) is 4.52 Å². The molecule has 0 bridgehead atoms. The van der Waals surface area contributed by atoms with Gasteiger partial charge in [0.2, 0.25) is 17.7 Å². The Morgan fingerprint density at radius 3 is 2.65 bits per heavy atom. The molecule has 2 aliphatic rings. The molecule has 2 saturated heterocycles. The minimum Gasteiger partial charge on any atom is -0.356 e. The number of piperidine rings is 2. The van der Waals surface area contributed by atoms with Crippen LogP contribution in [0.2, 0.25) is 0 Å². The lowest BCUT2D eigenvalue weighted by Crippen LogP contribution is -2.45. The predicted octanol–water partition coefficient (Wildman–Crippen LogP) is 1.43. The normalized spacial score (nSPS) is 23.2. The van der Waals surface area contributed by atoms with E-state index in [-0.39, 0.29) is 29.6 Å². The van der Waals surface area contributed by atoms with Crippen LogP contribution in [0.1, 0.15) is 63.1 Å². The average Bonchev–Trinajstić information content (AvgIpc) is 3.04. The average molecular weight is 320 g/mol. The third-order valence-electron chi connectivity index (χ3n) is 4.72. The maximum Gasteiger partial charge on any atom is 0.229 e. The van der Waals surface area contributed by atoms with E-state index in [1.807, 2.05) is 18.7 Å². The van der Waals surface area contributed by atoms with Crippen molar-refractivity contribution in [3.63, 3.8) is 0 Å². The molecule has 0 saturated carbocycles. The van der Waals surface area contributed by atoms with E-state index in [2.05, 4.69) is 15.5 Å². The first-order chi connectivity index (χ1) is 11.0. The van der Waals surface area contributed by atoms with Crippen LogP contribution >= 0.6 is 0 Å². The predicted molar refractivity (Wildman–Crippen MR) is 82.7 cm³/mol. The smallest absolute Gasteiger partial charge is 0.229 e. The van der Waals surface area contributed by atoms with Crippen molar-refractivity contribution in [2.24, 2.45) is 5.92 Å². The standard InChI is InChI=1S/C16H24N4O3/c1-10(2)15-18-14(19-23-15)11-4-7-20(8-5-11)16(22)12-3-6-17-13(21)9-12/h10-12H,3-9H2,1-2H3,(H,17,21). The Balaban J connectivity index is 1.55. The summed E-state index contributed by atoms with van der Waals surface area (Å²) in [5.74, 6) is 1.87. The topological polar surface area (TPSA) is 88.3 Å². The van der Waals surface area contributed by atoms with Crippen molar-refractivity contribution >= 4 is 11.8 Å². The fourth-order valence-corrected chi connectivity index (χ4v) is 3.26. The highest BCUT2D eigenvalue weighted by atomic mass is 16.5. The number of hydrogen-bond donors (Lipinski definition) is 1. The molecule has 0 aromatic carbocycles. The number of aromatic nitrogens is 2. The molecule has 1 unspecified atom stereocenters. The molecule has 1 aromatic rings. The van der Waals surface area contributed by atoms with Crippen molar-refractivity contribution in [2.75, 3.05) is 19.6 Å². The molecule has 7 heteroatoms. The van der Waals surface area contributed by atoms with Gasteiger partial charge >= 0.3 is 0 Å². The molecule has 7 nitrogen and oxygen atoms in total. The van der Waals surface area contributed by atoms with E-state index in [4.69, 9.17) is 4.52 Å². The molecular weight excluding hydrogens is 296 g/mol. The van der Waals surface area contributed by atoms with Gasteiger partial charge in [0, 0.05) is 43.8 Å². The second kappa shape index (κ2) is 6.68. The summed E-state index contributed by atoms with van der Waals surface area (Å²) in [5.41, 5.74) is 0. The molecule has 3 heterocycles. The fraction of sp³-hybridized carbons (Fsp3) is 0.750. The molecule has 2 amide bonds. The molecule has 1 N–H and O–H groups in total. The lowest BCUT2D eigenvalue weighted by atomic mass is 9.92. The highest BCUT2D eigenvalue weighted by Gasteiger charge is 2.32. The van der Waals surface area contributed by atoms with E-state index < -0.39 is 0 Å². The monoisotopic (exact) mass is 320 g/mol. The van der Waals surface area contributed by atoms with Crippen LogP contribution in [-0.2, 0) is 9.59 Å². The number of rotatable bonds is 3. The Kier molecular flexibility index (Phi) is 4.63. The molecule has 0 aliphatic carbocycles. The highest BCUT2D eigenvalue weighted by Crippen LogP contribution is 2.28. The molecule has 2 aliphatic heterocycles. The van der Waals surface area contributed by atoms with Crippen molar-refractivity contribution in [2.45, 2.75) is 51.4 Å². The number of carbonyl (C=O) groups excluding carboxylic acids is 2. The zero-order valence-corrected chi connectivity index (χ0v) is 13.7. The fourth-order valence-electron chi connectivity index (χ4n) is 3.26. The van der Waals surface area contributed by atoms with Gasteiger partial charge in [-0.3, -0.25) is 9.59 Å². The first-order valence-electron chi connectivity index (χ1n) is 8.43. The SMILES string of the molecule is CC(C)c1nc(C2CCN(C(=O)C3CCNC(=O)C3)CC2)no1. The van der Waals surface area contributed by atoms with Crippen molar-refractivity contribution in [1.29, 1.82) is 0 Å². The van der Waals surface area contributed by atoms with Crippen LogP contribution in [0.5, 0.6) is 0 Å². The van der Waals surface area contributed by atoms with E-state index in [0.29, 0.717) is 31.9 Å². The van der Waals surface area contributed by atoms with Crippen LogP contribution in [0.25, 0.3) is 0 Å². The third-order valence-corrected chi connectivity index (χ3v) is 4.72. The van der Waals surface area contributed by atoms with Gasteiger partial charge in [-0.05, 0) is 19.3 Å². The largest absolute Gasteiger partial charge is 0.356 e. The first-order valence-corrected chi connectivity index (χ1v) is 8.43. The second-order valence-electron chi connectivity index (χ2n) is 6.78. The van der Waals surface area contributed by atoms with Gasteiger partial charge in [0.1, 0.15) is 0 Å². The summed E-state index contributed by atoms with van der Waals surface area (Å²) in [5, 5.41) is 6.86. The van der Waals surface area contributed by atoms with Crippen molar-refractivity contribution in [1.82, 2.24) is 20.4 Å². The highest BCUT2D eigenvalue weighted by molar-refractivity contribution is 5.87. The van der Waals surface area contributed by atoms with E-state index in [1.54, 1.807) is 0 Å². The van der Waals surface area contributed by atoms with Gasteiger partial charge in [-0.1, -0.05) is 19.0 Å². The van der Waals surface area contributed by atoms with E-state index in [9.17, 15) is 9.59 Å². The molecule has 23 heavy (non-hydrogen) atoms. The lowest BCUT2D eigenvalue weighted by molar-refractivity contribution is -0.141. The molecule has 2 fully saturated rings. The molecule has 1 atom stereocenters. The number of nitrogens with zero attached hydrogens (tertiary/aromatic N) is 3. The van der Waals surface area contributed by atoms with Gasteiger partial charge in [0.05, 0.1) is 0 Å². The Hall–Kier alpha value is -1.92. The summed E-state index contributed by atoms with van der Waals surface area (Å²) in [6, 6.07) is 0. The second-order valence-corrected chi connectivity index (χ2v) is 6.78. The summed E-state index contributed by atoms with van der Waals surface area (Å²) in [6.07, 6.45) is 2.76. The van der Waals surface area contributed by atoms with Crippen LogP contribution in [-0.4, -0.2) is 46.5 Å². The van der Waals surface area contributed by atoms with Gasteiger partial charge in [0.15, 0.2) is 5.82 Å². The van der Waals surface area contributed by atoms with Crippen LogP contribution < -0.4 is 5.32 Å². The van der Waals surface area contributed by atoms with Gasteiger partial charge in [0.25, 0.3) is 0 Å². The first kappa shape index (κ1) is 16.0. The molecule has 3 rings (SSSR count). The maximum absolute atomic E-state index is 12.5. The number of hydrogen-bond acceptors (Lipinski definition) is 5. The van der Waals surface area contributed by atoms with Gasteiger partial charge in [-0.2, -0.15) is 4.98 Å². The summed E-state index contributed by atoms with van der Waals surface area (Å²) >= 11 is 0. The molecule has 1 aromatic heterocycles. The van der Waals surface area contributed by atoms with Gasteiger partial charge < -0.3 is 14.7 Å². The third kappa shape index (κ3) is 3.54. The summed E-state index contributed by atoms with van der Waals surface area (Å²) in [6.45, 7) is 6.06. The van der Waals surface area contributed by atoms with Crippen LogP contribution in [0.3, 0.4) is 0 Å². The van der Waals surface area contributed by atoms with Gasteiger partial charge in [-0.25, -0.2) is 0 Å². The van der Waals surface area contributed by atoms with Crippen molar-refractivity contribution in [3.05, 3.63) is 11.7 Å². The van der Waals surface area contributed by atoms with Gasteiger partial charge in [-0.15, -0.1) is 0 Å². The zero-order valence-electron chi connectivity index (χ0n) is 13.7.